The van der Waals surface area contributed by atoms with Gasteiger partial charge in [0, 0.05) is 10.6 Å². The van der Waals surface area contributed by atoms with Crippen molar-refractivity contribution in [1.82, 2.24) is 0 Å². The molecule has 0 radical (unpaired) electrons. The molecule has 0 saturated carbocycles. The van der Waals surface area contributed by atoms with Crippen molar-refractivity contribution in [3.05, 3.63) is 87.2 Å². The number of thiophene rings is 1. The molecule has 2 amide bonds. The van der Waals surface area contributed by atoms with Gasteiger partial charge in [0.2, 0.25) is 0 Å². The molecule has 140 valence electrons. The van der Waals surface area contributed by atoms with E-state index in [9.17, 15) is 9.59 Å². The summed E-state index contributed by atoms with van der Waals surface area (Å²) in [5.41, 5.74) is 5.37. The Labute approximate surface area is 168 Å². The second-order valence-corrected chi connectivity index (χ2v) is 7.90. The van der Waals surface area contributed by atoms with Gasteiger partial charge >= 0.3 is 0 Å². The quantitative estimate of drug-likeness (QED) is 0.635. The highest BCUT2D eigenvalue weighted by molar-refractivity contribution is 7.11. The SMILES string of the molecule is Cc1ccc(N2C(=O)C(Nc3ccc(C)cc3C)=C(c3cccs3)C2=O)cc1. The van der Waals surface area contributed by atoms with Crippen molar-refractivity contribution in [1.29, 1.82) is 0 Å². The first kappa shape index (κ1) is 18.2. The topological polar surface area (TPSA) is 49.4 Å². The minimum atomic E-state index is -0.336. The highest BCUT2D eigenvalue weighted by atomic mass is 32.1. The molecule has 1 aromatic heterocycles. The van der Waals surface area contributed by atoms with Crippen molar-refractivity contribution in [3.8, 4) is 0 Å². The number of carbonyl (C=O) groups excluding carboxylic acids is 2. The van der Waals surface area contributed by atoms with Crippen molar-refractivity contribution in [2.24, 2.45) is 0 Å². The van der Waals surface area contributed by atoms with Crippen LogP contribution < -0.4 is 10.2 Å². The number of imide groups is 1. The number of nitrogens with zero attached hydrogens (tertiary/aromatic N) is 1. The number of rotatable bonds is 4. The molecular weight excluding hydrogens is 368 g/mol. The largest absolute Gasteiger partial charge is 0.350 e. The van der Waals surface area contributed by atoms with E-state index in [1.807, 2.05) is 68.6 Å². The summed E-state index contributed by atoms with van der Waals surface area (Å²) in [5, 5.41) is 5.15. The molecule has 0 atom stereocenters. The number of hydrogen-bond acceptors (Lipinski definition) is 4. The molecule has 1 N–H and O–H groups in total. The Hall–Kier alpha value is -3.18. The second kappa shape index (κ2) is 7.09. The molecule has 0 bridgehead atoms. The number of nitrogens with one attached hydrogen (secondary N) is 1. The molecule has 3 aromatic rings. The Morgan fingerprint density at radius 2 is 1.57 bits per heavy atom. The van der Waals surface area contributed by atoms with Gasteiger partial charge in [-0.05, 0) is 56.0 Å². The van der Waals surface area contributed by atoms with Gasteiger partial charge in [-0.3, -0.25) is 9.59 Å². The summed E-state index contributed by atoms with van der Waals surface area (Å²) in [4.78, 5) is 28.6. The van der Waals surface area contributed by atoms with Gasteiger partial charge in [0.1, 0.15) is 5.70 Å². The van der Waals surface area contributed by atoms with Crippen LogP contribution in [0.4, 0.5) is 11.4 Å². The monoisotopic (exact) mass is 388 g/mol. The van der Waals surface area contributed by atoms with Crippen molar-refractivity contribution < 1.29 is 9.59 Å². The van der Waals surface area contributed by atoms with Gasteiger partial charge in [-0.15, -0.1) is 11.3 Å². The van der Waals surface area contributed by atoms with E-state index in [0.29, 0.717) is 17.0 Å². The molecule has 0 saturated heterocycles. The number of aryl methyl sites for hydroxylation is 3. The lowest BCUT2D eigenvalue weighted by atomic mass is 10.1. The molecular formula is C23H20N2O2S. The lowest BCUT2D eigenvalue weighted by molar-refractivity contribution is -0.120. The molecule has 28 heavy (non-hydrogen) atoms. The molecule has 5 heteroatoms. The van der Waals surface area contributed by atoms with Crippen molar-refractivity contribution in [3.63, 3.8) is 0 Å². The van der Waals surface area contributed by atoms with E-state index >= 15 is 0 Å². The molecule has 0 aliphatic carbocycles. The van der Waals surface area contributed by atoms with E-state index in [4.69, 9.17) is 0 Å². The van der Waals surface area contributed by atoms with Crippen molar-refractivity contribution in [2.45, 2.75) is 20.8 Å². The van der Waals surface area contributed by atoms with Crippen LogP contribution in [0.1, 0.15) is 21.6 Å². The van der Waals surface area contributed by atoms with E-state index in [1.54, 1.807) is 12.1 Å². The van der Waals surface area contributed by atoms with E-state index in [1.165, 1.54) is 16.2 Å². The maximum Gasteiger partial charge on any atom is 0.282 e. The summed E-state index contributed by atoms with van der Waals surface area (Å²) < 4.78 is 0. The van der Waals surface area contributed by atoms with E-state index in [0.717, 1.165) is 27.3 Å². The molecule has 0 fully saturated rings. The third-order valence-electron chi connectivity index (χ3n) is 4.79. The third kappa shape index (κ3) is 3.14. The van der Waals surface area contributed by atoms with Crippen LogP contribution in [0.3, 0.4) is 0 Å². The first-order valence-corrected chi connectivity index (χ1v) is 9.91. The fraction of sp³-hybridized carbons (Fsp3) is 0.130. The zero-order valence-corrected chi connectivity index (χ0v) is 16.8. The van der Waals surface area contributed by atoms with Crippen LogP contribution in [0.5, 0.6) is 0 Å². The Kier molecular flexibility index (Phi) is 4.61. The van der Waals surface area contributed by atoms with Gasteiger partial charge in [0.05, 0.1) is 11.3 Å². The number of benzene rings is 2. The minimum absolute atomic E-state index is 0.302. The summed E-state index contributed by atoms with van der Waals surface area (Å²) in [5.74, 6) is -0.638. The predicted molar refractivity (Wildman–Crippen MR) is 114 cm³/mol. The molecule has 2 heterocycles. The average molecular weight is 388 g/mol. The van der Waals surface area contributed by atoms with Gasteiger partial charge < -0.3 is 5.32 Å². The first-order chi connectivity index (χ1) is 13.5. The van der Waals surface area contributed by atoms with Crippen LogP contribution in [0.15, 0.2) is 65.7 Å². The Morgan fingerprint density at radius 1 is 0.857 bits per heavy atom. The summed E-state index contributed by atoms with van der Waals surface area (Å²) in [7, 11) is 0. The lowest BCUT2D eigenvalue weighted by Crippen LogP contribution is -2.32. The van der Waals surface area contributed by atoms with Crippen LogP contribution in [-0.4, -0.2) is 11.8 Å². The van der Waals surface area contributed by atoms with Crippen LogP contribution in [0.2, 0.25) is 0 Å². The molecule has 1 aliphatic rings. The first-order valence-electron chi connectivity index (χ1n) is 9.03. The predicted octanol–water partition coefficient (Wildman–Crippen LogP) is 5.07. The fourth-order valence-electron chi connectivity index (χ4n) is 3.31. The van der Waals surface area contributed by atoms with Crippen LogP contribution >= 0.6 is 11.3 Å². The smallest absolute Gasteiger partial charge is 0.282 e. The summed E-state index contributed by atoms with van der Waals surface area (Å²) in [6.45, 7) is 5.98. The van der Waals surface area contributed by atoms with Gasteiger partial charge in [-0.1, -0.05) is 41.5 Å². The Morgan fingerprint density at radius 3 is 2.21 bits per heavy atom. The Bertz CT molecular complexity index is 1100. The molecule has 2 aromatic carbocycles. The summed E-state index contributed by atoms with van der Waals surface area (Å²) in [6, 6.07) is 17.1. The molecule has 1 aliphatic heterocycles. The summed E-state index contributed by atoms with van der Waals surface area (Å²) in [6.07, 6.45) is 0. The summed E-state index contributed by atoms with van der Waals surface area (Å²) >= 11 is 1.45. The lowest BCUT2D eigenvalue weighted by Gasteiger charge is -2.16. The average Bonchev–Trinajstić information content (AvgIpc) is 3.26. The van der Waals surface area contributed by atoms with Gasteiger partial charge in [0.25, 0.3) is 11.8 Å². The standard InChI is InChI=1S/C23H20N2O2S/c1-14-6-9-17(10-7-14)25-22(26)20(19-5-4-12-28-19)21(23(25)27)24-18-11-8-15(2)13-16(18)3/h4-13,24H,1-3H3. The van der Waals surface area contributed by atoms with Crippen LogP contribution in [0.25, 0.3) is 5.57 Å². The number of anilines is 2. The minimum Gasteiger partial charge on any atom is -0.350 e. The normalized spacial score (nSPS) is 14.2. The fourth-order valence-corrected chi connectivity index (χ4v) is 4.08. The van der Waals surface area contributed by atoms with E-state index in [2.05, 4.69) is 5.32 Å². The van der Waals surface area contributed by atoms with E-state index < -0.39 is 0 Å². The van der Waals surface area contributed by atoms with Gasteiger partial charge in [0.15, 0.2) is 0 Å². The molecule has 0 unspecified atom stereocenters. The van der Waals surface area contributed by atoms with Crippen LogP contribution in [0, 0.1) is 20.8 Å². The maximum atomic E-state index is 13.3. The van der Waals surface area contributed by atoms with E-state index in [-0.39, 0.29) is 11.8 Å². The van der Waals surface area contributed by atoms with Crippen LogP contribution in [-0.2, 0) is 9.59 Å². The molecule has 0 spiro atoms. The molecule has 4 nitrogen and oxygen atoms in total. The third-order valence-corrected chi connectivity index (χ3v) is 5.67. The number of carbonyl (C=O) groups is 2. The van der Waals surface area contributed by atoms with Crippen molar-refractivity contribution in [2.75, 3.05) is 10.2 Å². The zero-order valence-electron chi connectivity index (χ0n) is 15.9. The second-order valence-electron chi connectivity index (χ2n) is 6.95. The zero-order chi connectivity index (χ0) is 19.8. The number of amides is 2. The van der Waals surface area contributed by atoms with Gasteiger partial charge in [-0.25, -0.2) is 4.90 Å². The van der Waals surface area contributed by atoms with Crippen molar-refractivity contribution >= 4 is 40.1 Å². The Balaban J connectivity index is 1.80. The molecule has 4 rings (SSSR count). The maximum absolute atomic E-state index is 13.3. The number of hydrogen-bond donors (Lipinski definition) is 1. The van der Waals surface area contributed by atoms with Gasteiger partial charge in [-0.2, -0.15) is 0 Å². The highest BCUT2D eigenvalue weighted by Crippen LogP contribution is 2.36. The highest BCUT2D eigenvalue weighted by Gasteiger charge is 2.40.